The van der Waals surface area contributed by atoms with Crippen molar-refractivity contribution in [2.24, 2.45) is 11.1 Å². The predicted octanol–water partition coefficient (Wildman–Crippen LogP) is 3.62. The van der Waals surface area contributed by atoms with Crippen molar-refractivity contribution >= 4 is 35.0 Å². The Labute approximate surface area is 188 Å². The summed E-state index contributed by atoms with van der Waals surface area (Å²) in [6.45, 7) is 0.108. The van der Waals surface area contributed by atoms with Crippen LogP contribution < -0.4 is 15.8 Å². The molecule has 0 radical (unpaired) electrons. The molecule has 2 aromatic rings. The Bertz CT molecular complexity index is 995. The van der Waals surface area contributed by atoms with Crippen LogP contribution in [0.4, 0.5) is 4.39 Å². The third-order valence-corrected chi connectivity index (χ3v) is 6.59. The summed E-state index contributed by atoms with van der Waals surface area (Å²) >= 11 is 11.9. The highest BCUT2D eigenvalue weighted by molar-refractivity contribution is 6.42. The van der Waals surface area contributed by atoms with E-state index in [2.05, 4.69) is 5.32 Å². The quantitative estimate of drug-likeness (QED) is 0.590. The molecule has 2 bridgehead atoms. The fourth-order valence-electron chi connectivity index (χ4n) is 4.62. The molecular weight excluding hydrogens is 446 g/mol. The highest BCUT2D eigenvalue weighted by Gasteiger charge is 2.73. The molecule has 2 aromatic carbocycles. The first-order valence-corrected chi connectivity index (χ1v) is 10.5. The van der Waals surface area contributed by atoms with Crippen molar-refractivity contribution in [2.45, 2.75) is 37.5 Å². The average molecular weight is 467 g/mol. The van der Waals surface area contributed by atoms with E-state index in [-0.39, 0.29) is 30.5 Å². The number of carbonyl (C=O) groups is 2. The van der Waals surface area contributed by atoms with Gasteiger partial charge in [-0.25, -0.2) is 4.39 Å². The number of hydrogen-bond acceptors (Lipinski definition) is 4. The van der Waals surface area contributed by atoms with Gasteiger partial charge < -0.3 is 20.5 Å². The van der Waals surface area contributed by atoms with Crippen molar-refractivity contribution in [1.29, 1.82) is 0 Å². The largest absolute Gasteiger partial charge is 0.480 e. The van der Waals surface area contributed by atoms with E-state index in [0.29, 0.717) is 35.1 Å². The van der Waals surface area contributed by atoms with Crippen LogP contribution in [0.2, 0.25) is 10.0 Å². The number of rotatable bonds is 9. The molecule has 9 heteroatoms. The molecule has 3 aliphatic rings. The fraction of sp³-hybridized carbons (Fsp3) is 0.364. The van der Waals surface area contributed by atoms with E-state index in [4.69, 9.17) is 38.4 Å². The van der Waals surface area contributed by atoms with E-state index in [1.807, 2.05) is 0 Å². The van der Waals surface area contributed by atoms with Gasteiger partial charge in [-0.15, -0.1) is 0 Å². The van der Waals surface area contributed by atoms with Crippen molar-refractivity contribution in [3.63, 3.8) is 0 Å². The number of benzene rings is 2. The summed E-state index contributed by atoms with van der Waals surface area (Å²) in [6.07, 6.45) is 0.967. The minimum atomic E-state index is -0.821. The molecule has 3 N–H and O–H groups in total. The van der Waals surface area contributed by atoms with Crippen molar-refractivity contribution in [2.75, 3.05) is 6.61 Å². The van der Waals surface area contributed by atoms with Gasteiger partial charge in [0.25, 0.3) is 5.91 Å². The molecule has 164 valence electrons. The van der Waals surface area contributed by atoms with E-state index in [1.165, 1.54) is 12.1 Å². The van der Waals surface area contributed by atoms with Gasteiger partial charge in [-0.2, -0.15) is 0 Å². The number of carbonyl (C=O) groups excluding carboxylic acids is 2. The molecule has 2 amide bonds. The maximum atomic E-state index is 12.9. The molecule has 0 aromatic heterocycles. The van der Waals surface area contributed by atoms with Crippen LogP contribution in [0.1, 0.15) is 24.8 Å². The van der Waals surface area contributed by atoms with E-state index in [1.54, 1.807) is 30.3 Å². The van der Waals surface area contributed by atoms with Gasteiger partial charge in [0, 0.05) is 17.0 Å². The van der Waals surface area contributed by atoms with E-state index in [9.17, 15) is 14.0 Å². The minimum Gasteiger partial charge on any atom is -0.480 e. The lowest BCUT2D eigenvalue weighted by molar-refractivity contribution is -0.208. The third-order valence-electron chi connectivity index (χ3n) is 5.85. The summed E-state index contributed by atoms with van der Waals surface area (Å²) in [5.41, 5.74) is 5.61. The molecule has 1 atom stereocenters. The minimum absolute atomic E-state index is 0.106. The summed E-state index contributed by atoms with van der Waals surface area (Å²) in [5, 5.41) is 3.69. The number of primary amides is 1. The van der Waals surface area contributed by atoms with Gasteiger partial charge in [-0.3, -0.25) is 9.59 Å². The number of hydrogen-bond donors (Lipinski definition) is 2. The van der Waals surface area contributed by atoms with Gasteiger partial charge >= 0.3 is 0 Å². The molecule has 6 nitrogen and oxygen atoms in total. The maximum absolute atomic E-state index is 12.9. The van der Waals surface area contributed by atoms with Crippen LogP contribution in [-0.4, -0.2) is 30.1 Å². The molecule has 0 spiro atoms. The second-order valence-electron chi connectivity index (χ2n) is 8.32. The highest BCUT2D eigenvalue weighted by atomic mass is 35.5. The van der Waals surface area contributed by atoms with Gasteiger partial charge in [0.15, 0.2) is 6.10 Å². The molecule has 3 aliphatic carbocycles. The Morgan fingerprint density at radius 1 is 1.10 bits per heavy atom. The normalized spacial score (nSPS) is 24.5. The SMILES string of the molecule is NC(=O)C(Oc1ccc(Cl)c(Cl)c1)C12CC(NC(=O)COCc3ccc(F)cc3)(C1)C2. The molecular formula is C22H21Cl2FN2O4. The monoisotopic (exact) mass is 466 g/mol. The standard InChI is InChI=1S/C22H21Cl2FN2O4/c23-16-6-5-15(7-17(16)24)31-19(20(26)29)21-10-22(11-21,12-21)27-18(28)9-30-8-13-1-3-14(25)4-2-13/h1-7,19H,8-12H2,(H2,26,29)(H,27,28). The van der Waals surface area contributed by atoms with Crippen molar-refractivity contribution in [3.05, 3.63) is 63.9 Å². The Kier molecular flexibility index (Phi) is 5.85. The Hall–Kier alpha value is -2.35. The van der Waals surface area contributed by atoms with Gasteiger partial charge in [-0.1, -0.05) is 35.3 Å². The second kappa shape index (κ2) is 8.30. The lowest BCUT2D eigenvalue weighted by atomic mass is 9.37. The summed E-state index contributed by atoms with van der Waals surface area (Å²) in [6, 6.07) is 10.7. The number of nitrogens with one attached hydrogen (secondary N) is 1. The third kappa shape index (κ3) is 4.49. The first-order valence-electron chi connectivity index (χ1n) is 9.75. The van der Waals surface area contributed by atoms with Crippen LogP contribution in [0.25, 0.3) is 0 Å². The summed E-state index contributed by atoms with van der Waals surface area (Å²) < 4.78 is 24.2. The zero-order chi connectivity index (χ0) is 22.2. The summed E-state index contributed by atoms with van der Waals surface area (Å²) in [7, 11) is 0. The van der Waals surface area contributed by atoms with Gasteiger partial charge in [0.2, 0.25) is 5.91 Å². The number of nitrogens with two attached hydrogens (primary N) is 1. The van der Waals surface area contributed by atoms with Gasteiger partial charge in [0.1, 0.15) is 18.2 Å². The van der Waals surface area contributed by atoms with Crippen LogP contribution in [0, 0.1) is 11.2 Å². The van der Waals surface area contributed by atoms with Crippen LogP contribution in [0.5, 0.6) is 5.75 Å². The van der Waals surface area contributed by atoms with Gasteiger partial charge in [0.05, 0.1) is 16.7 Å². The van der Waals surface area contributed by atoms with E-state index < -0.39 is 17.4 Å². The Morgan fingerprint density at radius 3 is 2.39 bits per heavy atom. The van der Waals surface area contributed by atoms with E-state index in [0.717, 1.165) is 5.56 Å². The number of ether oxygens (including phenoxy) is 2. The first kappa shape index (κ1) is 21.9. The lowest BCUT2D eigenvalue weighted by Crippen LogP contribution is -2.79. The molecule has 3 fully saturated rings. The van der Waals surface area contributed by atoms with Crippen molar-refractivity contribution in [1.82, 2.24) is 5.32 Å². The molecule has 31 heavy (non-hydrogen) atoms. The molecule has 1 unspecified atom stereocenters. The molecule has 3 saturated carbocycles. The topological polar surface area (TPSA) is 90.7 Å². The molecule has 5 rings (SSSR count). The maximum Gasteiger partial charge on any atom is 0.259 e. The van der Waals surface area contributed by atoms with Gasteiger partial charge in [-0.05, 0) is 49.1 Å². The second-order valence-corrected chi connectivity index (χ2v) is 9.13. The Balaban J connectivity index is 1.27. The van der Waals surface area contributed by atoms with Crippen molar-refractivity contribution < 1.29 is 23.5 Å². The Morgan fingerprint density at radius 2 is 1.77 bits per heavy atom. The molecule has 0 aliphatic heterocycles. The summed E-state index contributed by atoms with van der Waals surface area (Å²) in [4.78, 5) is 24.3. The average Bonchev–Trinajstić information content (AvgIpc) is 2.66. The van der Waals surface area contributed by atoms with Crippen molar-refractivity contribution in [3.8, 4) is 5.75 Å². The first-order chi connectivity index (χ1) is 14.7. The molecule has 0 saturated heterocycles. The zero-order valence-electron chi connectivity index (χ0n) is 16.5. The van der Waals surface area contributed by atoms with Crippen LogP contribution in [-0.2, 0) is 20.9 Å². The molecule has 0 heterocycles. The van der Waals surface area contributed by atoms with Crippen LogP contribution in [0.15, 0.2) is 42.5 Å². The predicted molar refractivity (Wildman–Crippen MR) is 113 cm³/mol. The summed E-state index contributed by atoms with van der Waals surface area (Å²) in [5.74, 6) is -0.712. The van der Waals surface area contributed by atoms with Crippen LogP contribution in [0.3, 0.4) is 0 Å². The fourth-order valence-corrected chi connectivity index (χ4v) is 4.91. The zero-order valence-corrected chi connectivity index (χ0v) is 18.0. The highest BCUT2D eigenvalue weighted by Crippen LogP contribution is 2.69. The number of amides is 2. The van der Waals surface area contributed by atoms with E-state index >= 15 is 0 Å². The smallest absolute Gasteiger partial charge is 0.259 e. The van der Waals surface area contributed by atoms with Crippen LogP contribution >= 0.6 is 23.2 Å². The lowest BCUT2D eigenvalue weighted by Gasteiger charge is -2.71. The number of halogens is 3.